The van der Waals surface area contributed by atoms with Gasteiger partial charge in [0.2, 0.25) is 5.95 Å². The van der Waals surface area contributed by atoms with Gasteiger partial charge in [0, 0.05) is 24.8 Å². The highest BCUT2D eigenvalue weighted by molar-refractivity contribution is 5.41. The van der Waals surface area contributed by atoms with Gasteiger partial charge in [-0.25, -0.2) is 4.68 Å². The van der Waals surface area contributed by atoms with Gasteiger partial charge in [-0.2, -0.15) is 10.1 Å². The predicted octanol–water partition coefficient (Wildman–Crippen LogP) is 1.77. The van der Waals surface area contributed by atoms with Gasteiger partial charge >= 0.3 is 0 Å². The lowest BCUT2D eigenvalue weighted by Gasteiger charge is -2.24. The number of nitrogens with one attached hydrogen (secondary N) is 1. The molecule has 2 atom stereocenters. The average Bonchev–Trinajstić information content (AvgIpc) is 3.16. The van der Waals surface area contributed by atoms with Crippen LogP contribution in [0.2, 0.25) is 0 Å². The number of benzene rings is 1. The van der Waals surface area contributed by atoms with E-state index in [1.165, 1.54) is 5.56 Å². The van der Waals surface area contributed by atoms with Crippen LogP contribution in [-0.4, -0.2) is 34.5 Å². The number of hydrogen-bond acceptors (Lipinski definition) is 5. The lowest BCUT2D eigenvalue weighted by Crippen LogP contribution is -2.24. The highest BCUT2D eigenvalue weighted by atomic mass is 16.5. The van der Waals surface area contributed by atoms with Gasteiger partial charge in [0.1, 0.15) is 0 Å². The Morgan fingerprint density at radius 2 is 2.10 bits per heavy atom. The number of fused-ring (bicyclic) bond motifs is 1. The van der Waals surface area contributed by atoms with Gasteiger partial charge in [0.25, 0.3) is 0 Å². The third kappa shape index (κ3) is 2.25. The van der Waals surface area contributed by atoms with Crippen molar-refractivity contribution in [3.05, 3.63) is 35.7 Å². The van der Waals surface area contributed by atoms with E-state index < -0.39 is 0 Å². The summed E-state index contributed by atoms with van der Waals surface area (Å²) in [5, 5.41) is 8.09. The summed E-state index contributed by atoms with van der Waals surface area (Å²) in [6, 6.07) is 8.27. The smallest absolute Gasteiger partial charge is 0.221 e. The van der Waals surface area contributed by atoms with Gasteiger partial charge in [-0.3, -0.25) is 0 Å². The lowest BCUT2D eigenvalue weighted by molar-refractivity contribution is 0.193. The quantitative estimate of drug-likeness (QED) is 0.822. The van der Waals surface area contributed by atoms with Crippen LogP contribution in [0.1, 0.15) is 36.2 Å². The van der Waals surface area contributed by atoms with Crippen molar-refractivity contribution in [1.82, 2.24) is 14.8 Å². The van der Waals surface area contributed by atoms with Gasteiger partial charge in [0.05, 0.1) is 12.6 Å². The van der Waals surface area contributed by atoms with Crippen LogP contribution in [0, 0.1) is 0 Å². The molecule has 4 rings (SSSR count). The van der Waals surface area contributed by atoms with Crippen molar-refractivity contribution >= 4 is 11.6 Å². The van der Waals surface area contributed by atoms with Gasteiger partial charge < -0.3 is 15.8 Å². The van der Waals surface area contributed by atoms with Gasteiger partial charge in [-0.15, -0.1) is 0 Å². The Morgan fingerprint density at radius 3 is 2.86 bits per heavy atom. The summed E-state index contributed by atoms with van der Waals surface area (Å²) >= 11 is 0. The van der Waals surface area contributed by atoms with Crippen LogP contribution < -0.4 is 11.1 Å². The molecule has 0 saturated carbocycles. The van der Waals surface area contributed by atoms with Gasteiger partial charge in [-0.1, -0.05) is 12.1 Å². The zero-order valence-electron chi connectivity index (χ0n) is 11.8. The summed E-state index contributed by atoms with van der Waals surface area (Å²) in [6.45, 7) is 2.45. The molecule has 2 aliphatic heterocycles. The summed E-state index contributed by atoms with van der Waals surface area (Å²) in [7, 11) is 0. The molecule has 6 heteroatoms. The third-order valence-electron chi connectivity index (χ3n) is 4.26. The van der Waals surface area contributed by atoms with Crippen molar-refractivity contribution in [3.63, 3.8) is 0 Å². The lowest BCUT2D eigenvalue weighted by atomic mass is 10.0. The number of ether oxygens (including phenoxy) is 1. The van der Waals surface area contributed by atoms with E-state index in [0.717, 1.165) is 50.1 Å². The van der Waals surface area contributed by atoms with Gasteiger partial charge in [-0.05, 0) is 30.5 Å². The Morgan fingerprint density at radius 1 is 1.24 bits per heavy atom. The maximum absolute atomic E-state index is 5.78. The molecular formula is C15H19N5O. The second-order valence-corrected chi connectivity index (χ2v) is 5.70. The molecule has 2 aromatic rings. The van der Waals surface area contributed by atoms with Crippen LogP contribution in [0.5, 0.6) is 0 Å². The Kier molecular flexibility index (Phi) is 3.03. The second-order valence-electron chi connectivity index (χ2n) is 5.70. The van der Waals surface area contributed by atoms with Crippen LogP contribution in [0.3, 0.4) is 0 Å². The SMILES string of the molecule is Nc1ccc(C2CCNc3nc(C4CCOC4)nn32)cc1. The van der Waals surface area contributed by atoms with Crippen molar-refractivity contribution in [2.45, 2.75) is 24.8 Å². The molecule has 1 saturated heterocycles. The van der Waals surface area contributed by atoms with Crippen LogP contribution in [-0.2, 0) is 4.74 Å². The van der Waals surface area contributed by atoms with Crippen molar-refractivity contribution in [3.8, 4) is 0 Å². The molecule has 21 heavy (non-hydrogen) atoms. The molecular weight excluding hydrogens is 266 g/mol. The fourth-order valence-electron chi connectivity index (χ4n) is 3.06. The largest absolute Gasteiger partial charge is 0.399 e. The Labute approximate surface area is 123 Å². The van der Waals surface area contributed by atoms with E-state index in [1.807, 2.05) is 16.8 Å². The Balaban J connectivity index is 1.68. The number of anilines is 2. The molecule has 0 amide bonds. The highest BCUT2D eigenvalue weighted by Crippen LogP contribution is 2.31. The summed E-state index contributed by atoms with van der Waals surface area (Å²) in [5.74, 6) is 2.10. The van der Waals surface area contributed by atoms with E-state index in [4.69, 9.17) is 15.6 Å². The first kappa shape index (κ1) is 12.6. The molecule has 3 N–H and O–H groups in total. The summed E-state index contributed by atoms with van der Waals surface area (Å²) in [5.41, 5.74) is 7.79. The Bertz CT molecular complexity index is 630. The molecule has 1 fully saturated rings. The number of rotatable bonds is 2. The van der Waals surface area contributed by atoms with Crippen LogP contribution in [0.15, 0.2) is 24.3 Å². The summed E-state index contributed by atoms with van der Waals surface area (Å²) in [4.78, 5) is 4.66. The third-order valence-corrected chi connectivity index (χ3v) is 4.26. The molecule has 1 aromatic carbocycles. The first-order valence-corrected chi connectivity index (χ1v) is 7.45. The van der Waals surface area contributed by atoms with E-state index >= 15 is 0 Å². The molecule has 110 valence electrons. The highest BCUT2D eigenvalue weighted by Gasteiger charge is 2.28. The molecule has 0 bridgehead atoms. The number of hydrogen-bond donors (Lipinski definition) is 2. The molecule has 3 heterocycles. The Hall–Kier alpha value is -2.08. The van der Waals surface area contributed by atoms with E-state index in [9.17, 15) is 0 Å². The minimum atomic E-state index is 0.227. The van der Waals surface area contributed by atoms with Crippen molar-refractivity contribution < 1.29 is 4.74 Å². The fourth-order valence-corrected chi connectivity index (χ4v) is 3.06. The van der Waals surface area contributed by atoms with Crippen LogP contribution in [0.4, 0.5) is 11.6 Å². The summed E-state index contributed by atoms with van der Waals surface area (Å²) < 4.78 is 7.46. The standard InChI is InChI=1S/C15H19N5O/c16-12-3-1-10(2-4-12)13-5-7-17-15-18-14(19-20(13)15)11-6-8-21-9-11/h1-4,11,13H,5-9,16H2,(H,17,18,19). The molecule has 6 nitrogen and oxygen atoms in total. The first-order valence-electron chi connectivity index (χ1n) is 7.45. The number of aromatic nitrogens is 3. The second kappa shape index (κ2) is 5.04. The average molecular weight is 285 g/mol. The minimum absolute atomic E-state index is 0.227. The van der Waals surface area contributed by atoms with E-state index in [-0.39, 0.29) is 6.04 Å². The molecule has 1 aromatic heterocycles. The normalized spacial score (nSPS) is 24.6. The van der Waals surface area contributed by atoms with Crippen LogP contribution >= 0.6 is 0 Å². The number of nitrogens with zero attached hydrogens (tertiary/aromatic N) is 3. The molecule has 2 aliphatic rings. The molecule has 0 radical (unpaired) electrons. The predicted molar refractivity (Wildman–Crippen MR) is 80.3 cm³/mol. The maximum atomic E-state index is 5.78. The minimum Gasteiger partial charge on any atom is -0.399 e. The number of nitrogens with two attached hydrogens (primary N) is 1. The monoisotopic (exact) mass is 285 g/mol. The fraction of sp³-hybridized carbons (Fsp3) is 0.467. The first-order chi connectivity index (χ1) is 10.3. The zero-order chi connectivity index (χ0) is 14.2. The van der Waals surface area contributed by atoms with Gasteiger partial charge in [0.15, 0.2) is 5.82 Å². The zero-order valence-corrected chi connectivity index (χ0v) is 11.8. The topological polar surface area (TPSA) is 78.0 Å². The molecule has 2 unspecified atom stereocenters. The molecule has 0 spiro atoms. The number of nitrogen functional groups attached to an aromatic ring is 1. The summed E-state index contributed by atoms with van der Waals surface area (Å²) in [6.07, 6.45) is 2.01. The van der Waals surface area contributed by atoms with Crippen molar-refractivity contribution in [2.75, 3.05) is 30.8 Å². The van der Waals surface area contributed by atoms with Crippen molar-refractivity contribution in [2.24, 2.45) is 0 Å². The molecule has 0 aliphatic carbocycles. The van der Waals surface area contributed by atoms with E-state index in [0.29, 0.717) is 5.92 Å². The van der Waals surface area contributed by atoms with E-state index in [1.54, 1.807) is 0 Å². The van der Waals surface area contributed by atoms with Crippen LogP contribution in [0.25, 0.3) is 0 Å². The van der Waals surface area contributed by atoms with Crippen molar-refractivity contribution in [1.29, 1.82) is 0 Å². The maximum Gasteiger partial charge on any atom is 0.221 e. The van der Waals surface area contributed by atoms with E-state index in [2.05, 4.69) is 22.4 Å².